The number of carbonyl (C=O) groups excluding carboxylic acids is 4. The van der Waals surface area contributed by atoms with Crippen LogP contribution in [0.4, 0.5) is 10.1 Å². The van der Waals surface area contributed by atoms with Crippen LogP contribution >= 0.6 is 0 Å². The van der Waals surface area contributed by atoms with Gasteiger partial charge in [-0.3, -0.25) is 19.2 Å². The van der Waals surface area contributed by atoms with Crippen LogP contribution in [0.3, 0.4) is 0 Å². The van der Waals surface area contributed by atoms with Gasteiger partial charge in [0.1, 0.15) is 17.2 Å². The van der Waals surface area contributed by atoms with Crippen LogP contribution in [0.5, 0.6) is 0 Å². The van der Waals surface area contributed by atoms with Crippen molar-refractivity contribution in [3.05, 3.63) is 76.9 Å². The van der Waals surface area contributed by atoms with Gasteiger partial charge in [0.25, 0.3) is 0 Å². The maximum atomic E-state index is 13.2. The molecule has 2 aromatic rings. The molecule has 0 aromatic heterocycles. The van der Waals surface area contributed by atoms with Crippen molar-refractivity contribution in [3.8, 4) is 0 Å². The van der Waals surface area contributed by atoms with E-state index in [1.54, 1.807) is 12.1 Å². The highest BCUT2D eigenvalue weighted by atomic mass is 19.1. The molecule has 0 heterocycles. The van der Waals surface area contributed by atoms with Crippen molar-refractivity contribution in [2.75, 3.05) is 12.4 Å². The van der Waals surface area contributed by atoms with E-state index in [0.29, 0.717) is 5.69 Å². The third-order valence-electron chi connectivity index (χ3n) is 4.28. The van der Waals surface area contributed by atoms with Crippen molar-refractivity contribution in [3.63, 3.8) is 0 Å². The molecule has 1 aliphatic carbocycles. The minimum atomic E-state index is -0.621. The van der Waals surface area contributed by atoms with Crippen molar-refractivity contribution in [2.45, 2.75) is 12.8 Å². The number of carbonyl (C=O) groups is 4. The van der Waals surface area contributed by atoms with E-state index in [2.05, 4.69) is 15.4 Å². The van der Waals surface area contributed by atoms with E-state index in [9.17, 15) is 23.6 Å². The van der Waals surface area contributed by atoms with E-state index in [0.717, 1.165) is 0 Å². The number of fused-ring (bicyclic) bond motifs is 1. The molecular formula is C21H17FN2O5. The number of Topliss-reactive ketones (excluding diaryl/α,β-unsaturated/α-hetero) is 2. The summed E-state index contributed by atoms with van der Waals surface area (Å²) in [4.78, 5) is 49.4. The number of nitrogens with one attached hydrogen (secondary N) is 2. The van der Waals surface area contributed by atoms with Crippen LogP contribution in [-0.4, -0.2) is 30.6 Å². The summed E-state index contributed by atoms with van der Waals surface area (Å²) in [6.07, 6.45) is -0.391. The van der Waals surface area contributed by atoms with Crippen LogP contribution in [0.2, 0.25) is 0 Å². The number of amides is 1. The molecule has 0 radical (unpaired) electrons. The van der Waals surface area contributed by atoms with E-state index < -0.39 is 29.3 Å². The fourth-order valence-electron chi connectivity index (χ4n) is 2.81. The van der Waals surface area contributed by atoms with Gasteiger partial charge in [0.15, 0.2) is 0 Å². The number of ketones is 2. The molecule has 0 aliphatic heterocycles. The molecule has 29 heavy (non-hydrogen) atoms. The number of anilines is 1. The fraction of sp³-hybridized carbons (Fsp3) is 0.143. The highest BCUT2D eigenvalue weighted by molar-refractivity contribution is 6.28. The van der Waals surface area contributed by atoms with Gasteiger partial charge in [-0.25, -0.2) is 4.39 Å². The van der Waals surface area contributed by atoms with Crippen molar-refractivity contribution in [1.29, 1.82) is 0 Å². The second-order valence-corrected chi connectivity index (χ2v) is 6.21. The molecular weight excluding hydrogens is 379 g/mol. The van der Waals surface area contributed by atoms with Gasteiger partial charge in [-0.1, -0.05) is 24.3 Å². The Kier molecular flexibility index (Phi) is 5.82. The van der Waals surface area contributed by atoms with Crippen molar-refractivity contribution < 1.29 is 28.3 Å². The van der Waals surface area contributed by atoms with Crippen LogP contribution in [0.1, 0.15) is 33.6 Å². The summed E-state index contributed by atoms with van der Waals surface area (Å²) in [7, 11) is 1.20. The predicted molar refractivity (Wildman–Crippen MR) is 102 cm³/mol. The van der Waals surface area contributed by atoms with Gasteiger partial charge in [-0.2, -0.15) is 0 Å². The van der Waals surface area contributed by atoms with Gasteiger partial charge in [0, 0.05) is 23.2 Å². The first kappa shape index (κ1) is 19.9. The first-order valence-electron chi connectivity index (χ1n) is 8.72. The molecule has 0 fully saturated rings. The van der Waals surface area contributed by atoms with Gasteiger partial charge in [0.05, 0.1) is 13.5 Å². The molecule has 1 aliphatic rings. The molecule has 3 rings (SSSR count). The maximum absolute atomic E-state index is 13.2. The normalized spacial score (nSPS) is 13.0. The summed E-state index contributed by atoms with van der Waals surface area (Å²) in [5.41, 5.74) is 0.350. The molecule has 0 atom stereocenters. The molecule has 8 heteroatoms. The quantitative estimate of drug-likeness (QED) is 0.728. The number of rotatable bonds is 6. The Bertz CT molecular complexity index is 1030. The topological polar surface area (TPSA) is 102 Å². The zero-order chi connectivity index (χ0) is 21.0. The lowest BCUT2D eigenvalue weighted by Gasteiger charge is -2.22. The summed E-state index contributed by atoms with van der Waals surface area (Å²) in [6, 6.07) is 11.4. The van der Waals surface area contributed by atoms with Crippen LogP contribution < -0.4 is 10.6 Å². The zero-order valence-corrected chi connectivity index (χ0v) is 15.5. The lowest BCUT2D eigenvalue weighted by Crippen LogP contribution is -2.36. The van der Waals surface area contributed by atoms with Crippen molar-refractivity contribution in [2.24, 2.45) is 0 Å². The average molecular weight is 396 g/mol. The van der Waals surface area contributed by atoms with Crippen molar-refractivity contribution >= 4 is 29.1 Å². The van der Waals surface area contributed by atoms with E-state index >= 15 is 0 Å². The standard InChI is InChI=1S/C21H17FN2O5/c1-29-17(26)11-10-16(25)24-19-18(23-13-8-6-12(22)7-9-13)20(27)14-4-2-3-5-15(14)21(19)28/h2-9,23H,10-11H2,1H3,(H,24,25). The molecule has 2 N–H and O–H groups in total. The summed E-state index contributed by atoms with van der Waals surface area (Å²) >= 11 is 0. The number of ether oxygens (including phenoxy) is 1. The number of hydrogen-bond acceptors (Lipinski definition) is 6. The lowest BCUT2D eigenvalue weighted by atomic mass is 9.90. The van der Waals surface area contributed by atoms with Crippen LogP contribution in [0, 0.1) is 5.82 Å². The molecule has 7 nitrogen and oxygen atoms in total. The molecule has 2 aromatic carbocycles. The number of hydrogen-bond donors (Lipinski definition) is 2. The predicted octanol–water partition coefficient (Wildman–Crippen LogP) is 2.60. The van der Waals surface area contributed by atoms with Crippen LogP contribution in [-0.2, 0) is 14.3 Å². The van der Waals surface area contributed by atoms with Gasteiger partial charge in [-0.05, 0) is 24.3 Å². The second kappa shape index (κ2) is 8.47. The molecule has 0 spiro atoms. The van der Waals surface area contributed by atoms with E-state index in [1.807, 2.05) is 0 Å². The minimum Gasteiger partial charge on any atom is -0.469 e. The number of allylic oxidation sites excluding steroid dienone is 2. The number of esters is 1. The highest BCUT2D eigenvalue weighted by Gasteiger charge is 2.33. The minimum absolute atomic E-state index is 0.133. The van der Waals surface area contributed by atoms with E-state index in [-0.39, 0.29) is 35.4 Å². The monoisotopic (exact) mass is 396 g/mol. The van der Waals surface area contributed by atoms with E-state index in [4.69, 9.17) is 0 Å². The third kappa shape index (κ3) is 4.37. The first-order valence-corrected chi connectivity index (χ1v) is 8.72. The van der Waals surface area contributed by atoms with E-state index in [1.165, 1.54) is 43.5 Å². The smallest absolute Gasteiger partial charge is 0.306 e. The Morgan fingerprint density at radius 2 is 1.48 bits per heavy atom. The molecule has 0 bridgehead atoms. The first-order chi connectivity index (χ1) is 13.9. The van der Waals surface area contributed by atoms with Gasteiger partial charge < -0.3 is 15.4 Å². The second-order valence-electron chi connectivity index (χ2n) is 6.21. The summed E-state index contributed by atoms with van der Waals surface area (Å²) < 4.78 is 17.7. The zero-order valence-electron chi connectivity index (χ0n) is 15.5. The molecule has 1 amide bonds. The number of benzene rings is 2. The lowest BCUT2D eigenvalue weighted by molar-refractivity contribution is -0.142. The van der Waals surface area contributed by atoms with Gasteiger partial charge in [0.2, 0.25) is 17.5 Å². The Morgan fingerprint density at radius 1 is 0.897 bits per heavy atom. The Labute approximate surface area is 165 Å². The molecule has 0 unspecified atom stereocenters. The van der Waals surface area contributed by atoms with Crippen LogP contribution in [0.25, 0.3) is 0 Å². The number of halogens is 1. The Balaban J connectivity index is 1.95. The van der Waals surface area contributed by atoms with Crippen LogP contribution in [0.15, 0.2) is 59.9 Å². The SMILES string of the molecule is COC(=O)CCC(=O)NC1=C(Nc2ccc(F)cc2)C(=O)c2ccccc2C1=O. The maximum Gasteiger partial charge on any atom is 0.306 e. The largest absolute Gasteiger partial charge is 0.469 e. The van der Waals surface area contributed by atoms with Crippen molar-refractivity contribution in [1.82, 2.24) is 5.32 Å². The summed E-state index contributed by atoms with van der Waals surface area (Å²) in [5.74, 6) is -2.69. The number of methoxy groups -OCH3 is 1. The summed E-state index contributed by atoms with van der Waals surface area (Å²) in [5, 5.41) is 5.22. The Hall–Kier alpha value is -3.81. The average Bonchev–Trinajstić information content (AvgIpc) is 2.74. The third-order valence-corrected chi connectivity index (χ3v) is 4.28. The highest BCUT2D eigenvalue weighted by Crippen LogP contribution is 2.26. The van der Waals surface area contributed by atoms with Gasteiger partial charge in [-0.15, -0.1) is 0 Å². The fourth-order valence-corrected chi connectivity index (χ4v) is 2.81. The molecule has 0 saturated heterocycles. The van der Waals surface area contributed by atoms with Gasteiger partial charge >= 0.3 is 5.97 Å². The Morgan fingerprint density at radius 3 is 2.07 bits per heavy atom. The molecule has 0 saturated carbocycles. The molecule has 148 valence electrons. The summed E-state index contributed by atoms with van der Waals surface area (Å²) in [6.45, 7) is 0.